The van der Waals surface area contributed by atoms with Crippen molar-refractivity contribution >= 4 is 33.3 Å². The van der Waals surface area contributed by atoms with E-state index in [0.29, 0.717) is 31.2 Å². The Kier molecular flexibility index (Phi) is 5.12. The van der Waals surface area contributed by atoms with Gasteiger partial charge in [0.25, 0.3) is 0 Å². The first-order chi connectivity index (χ1) is 11.9. The molecule has 9 heteroatoms. The normalized spacial score (nSPS) is 16.0. The molecule has 0 atom stereocenters. The highest BCUT2D eigenvalue weighted by Crippen LogP contribution is 2.21. The molecule has 0 aliphatic carbocycles. The molecule has 0 saturated carbocycles. The van der Waals surface area contributed by atoms with E-state index < -0.39 is 10.0 Å². The Morgan fingerprint density at radius 3 is 2.12 bits per heavy atom. The summed E-state index contributed by atoms with van der Waals surface area (Å²) in [6.07, 6.45) is 0. The summed E-state index contributed by atoms with van der Waals surface area (Å²) in [5.41, 5.74) is 0. The zero-order valence-corrected chi connectivity index (χ0v) is 15.7. The van der Waals surface area contributed by atoms with Crippen LogP contribution in [-0.4, -0.2) is 63.2 Å². The Bertz CT molecular complexity index is 817. The molecule has 2 heterocycles. The summed E-state index contributed by atoms with van der Waals surface area (Å²) in [6.45, 7) is 1.95. The molecule has 0 unspecified atom stereocenters. The zero-order valence-electron chi connectivity index (χ0n) is 14.1. The van der Waals surface area contributed by atoms with Crippen LogP contribution in [0.5, 0.6) is 0 Å². The first-order valence-corrected chi connectivity index (χ1v) is 9.71. The lowest BCUT2D eigenvalue weighted by Crippen LogP contribution is -2.49. The molecule has 3 rings (SSSR count). The van der Waals surface area contributed by atoms with Crippen LogP contribution in [0.4, 0.5) is 11.6 Å². The summed E-state index contributed by atoms with van der Waals surface area (Å²) >= 11 is 5.83. The number of benzene rings is 1. The van der Waals surface area contributed by atoms with Crippen LogP contribution >= 0.6 is 11.6 Å². The van der Waals surface area contributed by atoms with Gasteiger partial charge in [-0.3, -0.25) is 0 Å². The van der Waals surface area contributed by atoms with Crippen LogP contribution < -0.4 is 9.80 Å². The molecule has 1 aliphatic heterocycles. The molecule has 134 valence electrons. The molecule has 0 N–H and O–H groups in total. The van der Waals surface area contributed by atoms with E-state index >= 15 is 0 Å². The largest absolute Gasteiger partial charge is 0.361 e. The number of piperazine rings is 1. The molecule has 0 radical (unpaired) electrons. The molecule has 2 aromatic rings. The van der Waals surface area contributed by atoms with E-state index in [1.165, 1.54) is 16.4 Å². The van der Waals surface area contributed by atoms with E-state index in [9.17, 15) is 8.42 Å². The van der Waals surface area contributed by atoms with E-state index in [1.54, 1.807) is 12.1 Å². The summed E-state index contributed by atoms with van der Waals surface area (Å²) in [7, 11) is 0.317. The van der Waals surface area contributed by atoms with Crippen molar-refractivity contribution in [1.29, 1.82) is 0 Å². The fraction of sp³-hybridized carbons (Fsp3) is 0.375. The smallest absolute Gasteiger partial charge is 0.243 e. The fourth-order valence-corrected chi connectivity index (χ4v) is 4.19. The van der Waals surface area contributed by atoms with Crippen LogP contribution in [0.1, 0.15) is 0 Å². The average Bonchev–Trinajstić information content (AvgIpc) is 2.62. The molecule has 1 fully saturated rings. The maximum Gasteiger partial charge on any atom is 0.243 e. The lowest BCUT2D eigenvalue weighted by atomic mass is 10.3. The van der Waals surface area contributed by atoms with Gasteiger partial charge < -0.3 is 9.80 Å². The highest BCUT2D eigenvalue weighted by Gasteiger charge is 2.29. The lowest BCUT2D eigenvalue weighted by Gasteiger charge is -2.34. The third-order valence-corrected chi connectivity index (χ3v) is 6.27. The molecule has 0 amide bonds. The number of sulfonamides is 1. The summed E-state index contributed by atoms with van der Waals surface area (Å²) in [6, 6.07) is 10.1. The third-order valence-electron chi connectivity index (χ3n) is 4.11. The van der Waals surface area contributed by atoms with Crippen molar-refractivity contribution in [3.63, 3.8) is 0 Å². The topological polar surface area (TPSA) is 69.6 Å². The molecular weight excluding hydrogens is 362 g/mol. The minimum Gasteiger partial charge on any atom is -0.361 e. The van der Waals surface area contributed by atoms with E-state index in [1.807, 2.05) is 36.0 Å². The van der Waals surface area contributed by atoms with Gasteiger partial charge in [0.15, 0.2) is 11.6 Å². The summed E-state index contributed by atoms with van der Waals surface area (Å²) < 4.78 is 26.9. The highest BCUT2D eigenvalue weighted by atomic mass is 35.5. The Morgan fingerprint density at radius 2 is 1.60 bits per heavy atom. The van der Waals surface area contributed by atoms with Crippen molar-refractivity contribution in [2.24, 2.45) is 0 Å². The number of nitrogens with zero attached hydrogens (tertiary/aromatic N) is 5. The molecule has 7 nitrogen and oxygen atoms in total. The Balaban J connectivity index is 1.68. The number of anilines is 2. The second-order valence-electron chi connectivity index (χ2n) is 5.99. The number of hydrogen-bond acceptors (Lipinski definition) is 6. The molecule has 0 spiro atoms. The van der Waals surface area contributed by atoms with Crippen LogP contribution in [0, 0.1) is 0 Å². The van der Waals surface area contributed by atoms with Crippen LogP contribution in [0.15, 0.2) is 41.3 Å². The lowest BCUT2D eigenvalue weighted by molar-refractivity contribution is 0.383. The number of aromatic nitrogens is 2. The molecular formula is C16H20ClN5O2S. The highest BCUT2D eigenvalue weighted by molar-refractivity contribution is 7.89. The summed E-state index contributed by atoms with van der Waals surface area (Å²) in [4.78, 5) is 4.19. The number of halogens is 1. The van der Waals surface area contributed by atoms with Crippen LogP contribution in [-0.2, 0) is 10.0 Å². The van der Waals surface area contributed by atoms with Crippen molar-refractivity contribution in [3.8, 4) is 0 Å². The summed E-state index contributed by atoms with van der Waals surface area (Å²) in [5, 5.41) is 8.91. The second kappa shape index (κ2) is 7.15. The van der Waals surface area contributed by atoms with Gasteiger partial charge >= 0.3 is 0 Å². The van der Waals surface area contributed by atoms with E-state index in [2.05, 4.69) is 10.2 Å². The molecule has 0 bridgehead atoms. The molecule has 25 heavy (non-hydrogen) atoms. The van der Waals surface area contributed by atoms with Gasteiger partial charge in [-0.25, -0.2) is 8.42 Å². The van der Waals surface area contributed by atoms with Crippen molar-refractivity contribution in [2.75, 3.05) is 50.1 Å². The molecule has 1 aromatic carbocycles. The van der Waals surface area contributed by atoms with Crippen LogP contribution in [0.3, 0.4) is 0 Å². The van der Waals surface area contributed by atoms with Crippen LogP contribution in [0.25, 0.3) is 0 Å². The SMILES string of the molecule is CN(C)c1ccc(N2CCN(S(=O)(=O)c3ccc(Cl)cc3)CC2)nn1. The standard InChI is InChI=1S/C16H20ClN5O2S/c1-20(2)15-7-8-16(19-18-15)21-9-11-22(12-10-21)25(23,24)14-5-3-13(17)4-6-14/h3-8H,9-12H2,1-2H3. The first-order valence-electron chi connectivity index (χ1n) is 7.89. The fourth-order valence-electron chi connectivity index (χ4n) is 2.64. The Morgan fingerprint density at radius 1 is 0.960 bits per heavy atom. The van der Waals surface area contributed by atoms with Gasteiger partial charge in [0.2, 0.25) is 10.0 Å². The van der Waals surface area contributed by atoms with E-state index in [4.69, 9.17) is 11.6 Å². The minimum absolute atomic E-state index is 0.264. The molecule has 1 aromatic heterocycles. The summed E-state index contributed by atoms with van der Waals surface area (Å²) in [5.74, 6) is 1.54. The molecule has 1 saturated heterocycles. The van der Waals surface area contributed by atoms with E-state index in [-0.39, 0.29) is 4.90 Å². The van der Waals surface area contributed by atoms with Crippen molar-refractivity contribution in [3.05, 3.63) is 41.4 Å². The zero-order chi connectivity index (χ0) is 18.0. The van der Waals surface area contributed by atoms with Gasteiger partial charge in [0.1, 0.15) is 0 Å². The second-order valence-corrected chi connectivity index (χ2v) is 8.36. The molecule has 1 aliphatic rings. The maximum absolute atomic E-state index is 12.7. The number of rotatable bonds is 4. The van der Waals surface area contributed by atoms with Crippen molar-refractivity contribution in [2.45, 2.75) is 4.90 Å². The monoisotopic (exact) mass is 381 g/mol. The van der Waals surface area contributed by atoms with Gasteiger partial charge in [-0.1, -0.05) is 11.6 Å². The van der Waals surface area contributed by atoms with Crippen molar-refractivity contribution in [1.82, 2.24) is 14.5 Å². The van der Waals surface area contributed by atoms with Gasteiger partial charge in [-0.15, -0.1) is 10.2 Å². The third kappa shape index (κ3) is 3.86. The van der Waals surface area contributed by atoms with Gasteiger partial charge in [-0.05, 0) is 36.4 Å². The Labute approximate surface area is 152 Å². The van der Waals surface area contributed by atoms with Crippen molar-refractivity contribution < 1.29 is 8.42 Å². The Hall–Kier alpha value is -1.90. The van der Waals surface area contributed by atoms with Gasteiger partial charge in [0, 0.05) is 45.3 Å². The predicted octanol–water partition coefficient (Wildman–Crippen LogP) is 1.71. The van der Waals surface area contributed by atoms with Gasteiger partial charge in [-0.2, -0.15) is 4.31 Å². The predicted molar refractivity (Wildman–Crippen MR) is 98.8 cm³/mol. The number of hydrogen-bond donors (Lipinski definition) is 0. The minimum atomic E-state index is -3.50. The van der Waals surface area contributed by atoms with E-state index in [0.717, 1.165) is 11.6 Å². The quantitative estimate of drug-likeness (QED) is 0.803. The average molecular weight is 382 g/mol. The maximum atomic E-state index is 12.7. The van der Waals surface area contributed by atoms with Gasteiger partial charge in [0.05, 0.1) is 4.90 Å². The first kappa shape index (κ1) is 17.9. The van der Waals surface area contributed by atoms with Crippen LogP contribution in [0.2, 0.25) is 5.02 Å².